The molecule has 7 heteroatoms. The maximum atomic E-state index is 11.7. The predicted molar refractivity (Wildman–Crippen MR) is 99.5 cm³/mol. The van der Waals surface area contributed by atoms with Gasteiger partial charge in [-0.05, 0) is 29.8 Å². The Morgan fingerprint density at radius 3 is 2.68 bits per heavy atom. The summed E-state index contributed by atoms with van der Waals surface area (Å²) in [6.07, 6.45) is 1.54. The first kappa shape index (κ1) is 18.8. The third kappa shape index (κ3) is 6.10. The molecule has 1 amide bonds. The van der Waals surface area contributed by atoms with Crippen LogP contribution >= 0.6 is 11.6 Å². The van der Waals surface area contributed by atoms with E-state index in [9.17, 15) is 4.79 Å². The Labute approximate surface area is 151 Å². The minimum Gasteiger partial charge on any atom is -0.482 e. The number of para-hydroxylation sites is 1. The van der Waals surface area contributed by atoms with Crippen LogP contribution in [0.4, 0.5) is 5.69 Å². The van der Waals surface area contributed by atoms with Gasteiger partial charge in [-0.3, -0.25) is 4.79 Å². The predicted octanol–water partition coefficient (Wildman–Crippen LogP) is 2.30. The zero-order chi connectivity index (χ0) is 18.1. The second kappa shape index (κ2) is 9.66. The summed E-state index contributed by atoms with van der Waals surface area (Å²) in [6, 6.07) is 14.5. The van der Waals surface area contributed by atoms with Crippen molar-refractivity contribution in [2.45, 2.75) is 0 Å². The lowest BCUT2D eigenvalue weighted by atomic mass is 10.2. The Hall–Kier alpha value is -2.57. The van der Waals surface area contributed by atoms with E-state index in [1.54, 1.807) is 30.5 Å². The normalized spacial score (nSPS) is 10.7. The third-order valence-corrected chi connectivity index (χ3v) is 3.68. The number of amides is 1. The summed E-state index contributed by atoms with van der Waals surface area (Å²) < 4.78 is 5.32. The summed E-state index contributed by atoms with van der Waals surface area (Å²) in [4.78, 5) is 13.6. The molecule has 2 aromatic rings. The van der Waals surface area contributed by atoms with Gasteiger partial charge < -0.3 is 14.7 Å². The first-order valence-corrected chi connectivity index (χ1v) is 8.09. The molecule has 0 heterocycles. The molecule has 2 N–H and O–H groups in total. The second-order valence-corrected chi connectivity index (χ2v) is 5.66. The molecule has 0 aliphatic rings. The number of nitrogens with zero attached hydrogens (tertiary/aromatic N) is 2. The number of ether oxygens (including phenoxy) is 1. The fraction of sp³-hybridized carbons (Fsp3) is 0.222. The molecule has 0 bridgehead atoms. The quantitative estimate of drug-likeness (QED) is 0.559. The van der Waals surface area contributed by atoms with Crippen molar-refractivity contribution >= 4 is 29.4 Å². The minimum atomic E-state index is -0.379. The van der Waals surface area contributed by atoms with Crippen LogP contribution < -0.4 is 15.1 Å². The van der Waals surface area contributed by atoms with Crippen LogP contribution in [0.5, 0.6) is 5.75 Å². The monoisotopic (exact) mass is 361 g/mol. The molecule has 0 saturated carbocycles. The number of halogens is 1. The molecule has 132 valence electrons. The number of nitrogens with one attached hydrogen (secondary N) is 1. The molecule has 0 spiro atoms. The van der Waals surface area contributed by atoms with E-state index in [4.69, 9.17) is 21.4 Å². The fourth-order valence-corrected chi connectivity index (χ4v) is 2.20. The molecule has 25 heavy (non-hydrogen) atoms. The highest BCUT2D eigenvalue weighted by molar-refractivity contribution is 6.32. The Kier molecular flexibility index (Phi) is 7.25. The molecule has 0 radical (unpaired) electrons. The number of aliphatic hydroxyl groups is 1. The number of hydrazone groups is 1. The van der Waals surface area contributed by atoms with Gasteiger partial charge in [0.05, 0.1) is 17.8 Å². The number of carbonyl (C=O) groups excluding carboxylic acids is 1. The van der Waals surface area contributed by atoms with Crippen molar-refractivity contribution in [3.8, 4) is 5.75 Å². The van der Waals surface area contributed by atoms with Crippen LogP contribution in [0.15, 0.2) is 53.6 Å². The molecular weight excluding hydrogens is 342 g/mol. The Balaban J connectivity index is 1.80. The van der Waals surface area contributed by atoms with Crippen molar-refractivity contribution in [2.24, 2.45) is 5.10 Å². The third-order valence-electron chi connectivity index (χ3n) is 3.37. The molecule has 0 aromatic heterocycles. The van der Waals surface area contributed by atoms with Crippen LogP contribution in [0.2, 0.25) is 5.02 Å². The van der Waals surface area contributed by atoms with Gasteiger partial charge in [-0.1, -0.05) is 35.9 Å². The highest BCUT2D eigenvalue weighted by atomic mass is 35.5. The highest BCUT2D eigenvalue weighted by Crippen LogP contribution is 2.22. The maximum absolute atomic E-state index is 11.7. The van der Waals surface area contributed by atoms with Gasteiger partial charge in [0.25, 0.3) is 5.91 Å². The van der Waals surface area contributed by atoms with Crippen molar-refractivity contribution in [3.63, 3.8) is 0 Å². The minimum absolute atomic E-state index is 0.0992. The molecular formula is C18H20ClN3O3. The van der Waals surface area contributed by atoms with Crippen molar-refractivity contribution in [1.29, 1.82) is 0 Å². The number of benzene rings is 2. The molecule has 0 fully saturated rings. The Bertz CT molecular complexity index is 720. The van der Waals surface area contributed by atoms with E-state index in [0.29, 0.717) is 17.3 Å². The van der Waals surface area contributed by atoms with Gasteiger partial charge in [0.2, 0.25) is 0 Å². The van der Waals surface area contributed by atoms with Gasteiger partial charge in [0.1, 0.15) is 5.75 Å². The molecule has 0 unspecified atom stereocenters. The lowest BCUT2D eigenvalue weighted by Crippen LogP contribution is -2.24. The number of aliphatic hydroxyl groups excluding tert-OH is 1. The number of carbonyl (C=O) groups is 1. The Morgan fingerprint density at radius 2 is 2.00 bits per heavy atom. The smallest absolute Gasteiger partial charge is 0.277 e. The highest BCUT2D eigenvalue weighted by Gasteiger charge is 2.04. The van der Waals surface area contributed by atoms with Crippen LogP contribution in [0.3, 0.4) is 0 Å². The van der Waals surface area contributed by atoms with Crippen LogP contribution in [0.1, 0.15) is 5.56 Å². The van der Waals surface area contributed by atoms with Gasteiger partial charge in [0.15, 0.2) is 6.61 Å². The SMILES string of the molecule is CN(CCO)c1ccc(/C=N\NC(=O)COc2ccccc2Cl)cc1. The number of anilines is 1. The zero-order valence-electron chi connectivity index (χ0n) is 13.9. The van der Waals surface area contributed by atoms with E-state index in [1.165, 1.54) is 0 Å². The number of hydrogen-bond donors (Lipinski definition) is 2. The Morgan fingerprint density at radius 1 is 1.28 bits per heavy atom. The summed E-state index contributed by atoms with van der Waals surface area (Å²) in [6.45, 7) is 0.489. The molecule has 6 nitrogen and oxygen atoms in total. The van der Waals surface area contributed by atoms with Gasteiger partial charge in [-0.25, -0.2) is 5.43 Å². The number of rotatable bonds is 8. The molecule has 0 aliphatic heterocycles. The maximum Gasteiger partial charge on any atom is 0.277 e. The van der Waals surface area contributed by atoms with E-state index in [-0.39, 0.29) is 19.1 Å². The molecule has 2 rings (SSSR count). The van der Waals surface area contributed by atoms with Crippen LogP contribution in [-0.2, 0) is 4.79 Å². The summed E-state index contributed by atoms with van der Waals surface area (Å²) in [5.41, 5.74) is 4.23. The van der Waals surface area contributed by atoms with Crippen LogP contribution in [0, 0.1) is 0 Å². The number of likely N-dealkylation sites (N-methyl/N-ethyl adjacent to an activating group) is 1. The molecule has 0 atom stereocenters. The summed E-state index contributed by atoms with van der Waals surface area (Å²) in [7, 11) is 1.90. The number of hydrogen-bond acceptors (Lipinski definition) is 5. The van der Waals surface area contributed by atoms with E-state index in [0.717, 1.165) is 11.3 Å². The lowest BCUT2D eigenvalue weighted by molar-refractivity contribution is -0.123. The van der Waals surface area contributed by atoms with Crippen LogP contribution in [-0.4, -0.2) is 44.0 Å². The zero-order valence-corrected chi connectivity index (χ0v) is 14.6. The standard InChI is InChI=1S/C18H20ClN3O3/c1-22(10-11-23)15-8-6-14(7-9-15)12-20-21-18(24)13-25-17-5-3-2-4-16(17)19/h2-9,12,23H,10-11,13H2,1H3,(H,21,24)/b20-12-. The average Bonchev–Trinajstić information content (AvgIpc) is 2.62. The average molecular weight is 362 g/mol. The summed E-state index contributed by atoms with van der Waals surface area (Å²) in [5, 5.41) is 13.3. The van der Waals surface area contributed by atoms with Crippen molar-refractivity contribution in [3.05, 3.63) is 59.1 Å². The second-order valence-electron chi connectivity index (χ2n) is 5.25. The summed E-state index contributed by atoms with van der Waals surface area (Å²) >= 11 is 5.94. The van der Waals surface area contributed by atoms with E-state index in [1.807, 2.05) is 36.2 Å². The van der Waals surface area contributed by atoms with Crippen molar-refractivity contribution in [2.75, 3.05) is 31.7 Å². The molecule has 0 saturated heterocycles. The largest absolute Gasteiger partial charge is 0.482 e. The van der Waals surface area contributed by atoms with Gasteiger partial charge in [-0.2, -0.15) is 5.10 Å². The van der Waals surface area contributed by atoms with E-state index >= 15 is 0 Å². The first-order chi connectivity index (χ1) is 12.1. The van der Waals surface area contributed by atoms with Crippen molar-refractivity contribution < 1.29 is 14.6 Å². The van der Waals surface area contributed by atoms with E-state index in [2.05, 4.69) is 10.5 Å². The molecule has 2 aromatic carbocycles. The topological polar surface area (TPSA) is 74.2 Å². The lowest BCUT2D eigenvalue weighted by Gasteiger charge is -2.17. The fourth-order valence-electron chi connectivity index (χ4n) is 2.01. The molecule has 0 aliphatic carbocycles. The van der Waals surface area contributed by atoms with Crippen LogP contribution in [0.25, 0.3) is 0 Å². The van der Waals surface area contributed by atoms with Gasteiger partial charge >= 0.3 is 0 Å². The van der Waals surface area contributed by atoms with Gasteiger partial charge in [0, 0.05) is 19.3 Å². The van der Waals surface area contributed by atoms with E-state index < -0.39 is 0 Å². The summed E-state index contributed by atoms with van der Waals surface area (Å²) in [5.74, 6) is 0.0707. The van der Waals surface area contributed by atoms with Crippen molar-refractivity contribution in [1.82, 2.24) is 5.43 Å². The van der Waals surface area contributed by atoms with Gasteiger partial charge in [-0.15, -0.1) is 0 Å². The first-order valence-electron chi connectivity index (χ1n) is 7.71.